The third kappa shape index (κ3) is 4.36. The summed E-state index contributed by atoms with van der Waals surface area (Å²) >= 11 is 6.34. The quantitative estimate of drug-likeness (QED) is 0.622. The second-order valence-electron chi connectivity index (χ2n) is 5.52. The Kier molecular flexibility index (Phi) is 5.80. The maximum Gasteiger partial charge on any atom is 0.266 e. The minimum atomic E-state index is -0.403. The van der Waals surface area contributed by atoms with Gasteiger partial charge in [0.15, 0.2) is 0 Å². The first-order valence-electron chi connectivity index (χ1n) is 7.89. The van der Waals surface area contributed by atoms with Crippen LogP contribution in [0.1, 0.15) is 12.0 Å². The van der Waals surface area contributed by atoms with E-state index in [1.807, 2.05) is 18.2 Å². The molecule has 0 aromatic heterocycles. The number of rotatable bonds is 5. The number of nitrogens with one attached hydrogen (secondary N) is 1. The molecule has 2 aromatic carbocycles. The molecule has 0 spiro atoms. The van der Waals surface area contributed by atoms with Crippen molar-refractivity contribution in [3.05, 3.63) is 70.9 Å². The Hall–Kier alpha value is -2.51. The van der Waals surface area contributed by atoms with Crippen molar-refractivity contribution >= 4 is 51.9 Å². The Morgan fingerprint density at radius 2 is 1.85 bits per heavy atom. The lowest BCUT2D eigenvalue weighted by atomic mass is 10.2. The summed E-state index contributed by atoms with van der Waals surface area (Å²) in [5.41, 5.74) is 1.03. The van der Waals surface area contributed by atoms with E-state index in [0.29, 0.717) is 20.5 Å². The summed E-state index contributed by atoms with van der Waals surface area (Å²) in [5.74, 6) is -0.917. The van der Waals surface area contributed by atoms with Crippen LogP contribution in [0.15, 0.2) is 59.5 Å². The minimum absolute atomic E-state index is 0.119. The maximum atomic E-state index is 13.8. The van der Waals surface area contributed by atoms with E-state index in [0.717, 1.165) is 11.8 Å². The molecule has 132 valence electrons. The van der Waals surface area contributed by atoms with Gasteiger partial charge in [0, 0.05) is 24.2 Å². The number of hydrogen-bond donors (Lipinski definition) is 1. The van der Waals surface area contributed by atoms with Gasteiger partial charge >= 0.3 is 0 Å². The fraction of sp³-hybridized carbons (Fsp3) is 0.105. The lowest BCUT2D eigenvalue weighted by Gasteiger charge is -2.14. The summed E-state index contributed by atoms with van der Waals surface area (Å²) in [4.78, 5) is 26.3. The Morgan fingerprint density at radius 1 is 1.15 bits per heavy atom. The standard InChI is InChI=1S/C19H15FN2O2S2/c20-15-9-5-4-6-13(15)12-16-18(24)22(19(25)26-16)11-10-17(23)21-14-7-2-1-3-8-14/h1-9,12H,10-11H2,(H,21,23)/b16-12+. The molecule has 0 atom stereocenters. The van der Waals surface area contributed by atoms with Crippen LogP contribution in [0.4, 0.5) is 10.1 Å². The summed E-state index contributed by atoms with van der Waals surface area (Å²) < 4.78 is 14.1. The molecule has 1 fully saturated rings. The Balaban J connectivity index is 1.62. The highest BCUT2D eigenvalue weighted by molar-refractivity contribution is 8.26. The van der Waals surface area contributed by atoms with Gasteiger partial charge in [0.1, 0.15) is 10.1 Å². The number of carbonyl (C=O) groups excluding carboxylic acids is 2. The van der Waals surface area contributed by atoms with Crippen molar-refractivity contribution in [2.24, 2.45) is 0 Å². The zero-order valence-electron chi connectivity index (χ0n) is 13.6. The number of amides is 2. The monoisotopic (exact) mass is 386 g/mol. The number of hydrogen-bond acceptors (Lipinski definition) is 4. The summed E-state index contributed by atoms with van der Waals surface area (Å²) in [6, 6.07) is 15.3. The van der Waals surface area contributed by atoms with Gasteiger partial charge in [0.25, 0.3) is 5.91 Å². The number of benzene rings is 2. The highest BCUT2D eigenvalue weighted by atomic mass is 32.2. The van der Waals surface area contributed by atoms with E-state index in [-0.39, 0.29) is 24.8 Å². The summed E-state index contributed by atoms with van der Waals surface area (Å²) in [5, 5.41) is 2.76. The van der Waals surface area contributed by atoms with Crippen molar-refractivity contribution < 1.29 is 14.0 Å². The predicted octanol–water partition coefficient (Wildman–Crippen LogP) is 4.06. The number of carbonyl (C=O) groups is 2. The van der Waals surface area contributed by atoms with Crippen LogP contribution in [0.5, 0.6) is 0 Å². The van der Waals surface area contributed by atoms with Gasteiger partial charge in [-0.2, -0.15) is 0 Å². The van der Waals surface area contributed by atoms with Crippen molar-refractivity contribution in [2.75, 3.05) is 11.9 Å². The largest absolute Gasteiger partial charge is 0.326 e. The third-order valence-electron chi connectivity index (χ3n) is 3.69. The molecule has 0 unspecified atom stereocenters. The average molecular weight is 386 g/mol. The number of para-hydroxylation sites is 1. The molecule has 1 aliphatic rings. The van der Waals surface area contributed by atoms with E-state index < -0.39 is 5.82 Å². The highest BCUT2D eigenvalue weighted by Crippen LogP contribution is 2.33. The van der Waals surface area contributed by atoms with Gasteiger partial charge in [-0.3, -0.25) is 14.5 Å². The van der Waals surface area contributed by atoms with Gasteiger partial charge in [0.2, 0.25) is 5.91 Å². The molecule has 1 heterocycles. The number of halogens is 1. The molecule has 0 saturated carbocycles. The molecule has 3 rings (SSSR count). The Labute approximate surface area is 160 Å². The van der Waals surface area contributed by atoms with Crippen LogP contribution in [0.2, 0.25) is 0 Å². The lowest BCUT2D eigenvalue weighted by molar-refractivity contribution is -0.122. The van der Waals surface area contributed by atoms with Crippen molar-refractivity contribution in [2.45, 2.75) is 6.42 Å². The summed E-state index contributed by atoms with van der Waals surface area (Å²) in [7, 11) is 0. The number of nitrogens with zero attached hydrogens (tertiary/aromatic N) is 1. The molecule has 2 aromatic rings. The zero-order chi connectivity index (χ0) is 18.5. The van der Waals surface area contributed by atoms with Gasteiger partial charge < -0.3 is 5.32 Å². The molecule has 1 saturated heterocycles. The van der Waals surface area contributed by atoms with Crippen LogP contribution in [0.25, 0.3) is 6.08 Å². The van der Waals surface area contributed by atoms with Crippen molar-refractivity contribution in [1.29, 1.82) is 0 Å². The van der Waals surface area contributed by atoms with Crippen molar-refractivity contribution in [3.8, 4) is 0 Å². The van der Waals surface area contributed by atoms with Crippen LogP contribution in [-0.4, -0.2) is 27.6 Å². The molecule has 4 nitrogen and oxygen atoms in total. The van der Waals surface area contributed by atoms with Crippen molar-refractivity contribution in [1.82, 2.24) is 4.90 Å². The van der Waals surface area contributed by atoms with E-state index in [1.165, 1.54) is 17.0 Å². The predicted molar refractivity (Wildman–Crippen MR) is 106 cm³/mol. The highest BCUT2D eigenvalue weighted by Gasteiger charge is 2.32. The average Bonchev–Trinajstić information content (AvgIpc) is 2.89. The number of anilines is 1. The Bertz CT molecular complexity index is 884. The lowest BCUT2D eigenvalue weighted by Crippen LogP contribution is -2.31. The van der Waals surface area contributed by atoms with Crippen LogP contribution in [0, 0.1) is 5.82 Å². The first kappa shape index (κ1) is 18.3. The molecule has 1 N–H and O–H groups in total. The first-order chi connectivity index (χ1) is 12.5. The van der Waals surface area contributed by atoms with Gasteiger partial charge in [-0.15, -0.1) is 0 Å². The molecule has 0 aliphatic carbocycles. The normalized spacial score (nSPS) is 15.6. The van der Waals surface area contributed by atoms with Gasteiger partial charge in [0.05, 0.1) is 4.91 Å². The van der Waals surface area contributed by atoms with E-state index in [4.69, 9.17) is 12.2 Å². The van der Waals surface area contributed by atoms with E-state index in [9.17, 15) is 14.0 Å². The number of thioether (sulfide) groups is 1. The smallest absolute Gasteiger partial charge is 0.266 e. The fourth-order valence-corrected chi connectivity index (χ4v) is 3.68. The second-order valence-corrected chi connectivity index (χ2v) is 7.19. The molecular weight excluding hydrogens is 371 g/mol. The van der Waals surface area contributed by atoms with Crippen LogP contribution in [0.3, 0.4) is 0 Å². The van der Waals surface area contributed by atoms with E-state index in [1.54, 1.807) is 30.3 Å². The van der Waals surface area contributed by atoms with E-state index in [2.05, 4.69) is 5.32 Å². The topological polar surface area (TPSA) is 49.4 Å². The van der Waals surface area contributed by atoms with Gasteiger partial charge in [-0.1, -0.05) is 60.4 Å². The van der Waals surface area contributed by atoms with Gasteiger partial charge in [-0.05, 0) is 24.3 Å². The van der Waals surface area contributed by atoms with Crippen molar-refractivity contribution in [3.63, 3.8) is 0 Å². The minimum Gasteiger partial charge on any atom is -0.326 e. The third-order valence-corrected chi connectivity index (χ3v) is 5.06. The second kappa shape index (κ2) is 8.25. The first-order valence-corrected chi connectivity index (χ1v) is 9.12. The molecule has 1 aliphatic heterocycles. The van der Waals surface area contributed by atoms with Crippen LogP contribution >= 0.6 is 24.0 Å². The molecular formula is C19H15FN2O2S2. The number of thiocarbonyl (C=S) groups is 1. The molecule has 26 heavy (non-hydrogen) atoms. The maximum absolute atomic E-state index is 13.8. The summed E-state index contributed by atoms with van der Waals surface area (Å²) in [6.07, 6.45) is 1.60. The molecule has 7 heteroatoms. The SMILES string of the molecule is O=C(CCN1C(=O)/C(=C\c2ccccc2F)SC1=S)Nc1ccccc1. The Morgan fingerprint density at radius 3 is 2.58 bits per heavy atom. The van der Waals surface area contributed by atoms with Gasteiger partial charge in [-0.25, -0.2) is 4.39 Å². The zero-order valence-corrected chi connectivity index (χ0v) is 15.3. The summed E-state index contributed by atoms with van der Waals surface area (Å²) in [6.45, 7) is 0.179. The van der Waals surface area contributed by atoms with E-state index >= 15 is 0 Å². The molecule has 0 radical (unpaired) electrons. The van der Waals surface area contributed by atoms with Crippen LogP contribution in [-0.2, 0) is 9.59 Å². The molecule has 0 bridgehead atoms. The molecule has 2 amide bonds. The van der Waals surface area contributed by atoms with Crippen LogP contribution < -0.4 is 5.32 Å². The fourth-order valence-electron chi connectivity index (χ4n) is 2.38.